The predicted molar refractivity (Wildman–Crippen MR) is 72.0 cm³/mol. The summed E-state index contributed by atoms with van der Waals surface area (Å²) in [6, 6.07) is 13.3. The van der Waals surface area contributed by atoms with Crippen molar-refractivity contribution >= 4 is 23.2 Å². The molecule has 0 aliphatic rings. The molecule has 0 saturated carbocycles. The smallest absolute Gasteiger partial charge is 0.121 e. The highest BCUT2D eigenvalue weighted by molar-refractivity contribution is 6.31. The van der Waals surface area contributed by atoms with Crippen molar-refractivity contribution in [2.75, 3.05) is 0 Å². The molecule has 3 heteroatoms. The van der Waals surface area contributed by atoms with Gasteiger partial charge in [0.05, 0.1) is 0 Å². The van der Waals surface area contributed by atoms with Gasteiger partial charge in [-0.2, -0.15) is 0 Å². The summed E-state index contributed by atoms with van der Waals surface area (Å²) < 4.78 is 5.64. The molecule has 0 N–H and O–H groups in total. The van der Waals surface area contributed by atoms with Crippen LogP contribution in [0.15, 0.2) is 42.5 Å². The second-order valence-electron chi connectivity index (χ2n) is 3.83. The molecular formula is C14H12Cl2O. The first-order valence-corrected chi connectivity index (χ1v) is 6.04. The molecule has 2 rings (SSSR count). The third kappa shape index (κ3) is 3.39. The number of benzene rings is 2. The second kappa shape index (κ2) is 5.44. The molecule has 0 fully saturated rings. The third-order valence-corrected chi connectivity index (χ3v) is 3.12. The van der Waals surface area contributed by atoms with Gasteiger partial charge < -0.3 is 4.74 Å². The van der Waals surface area contributed by atoms with Gasteiger partial charge in [0.1, 0.15) is 12.4 Å². The first kappa shape index (κ1) is 12.3. The van der Waals surface area contributed by atoms with Gasteiger partial charge in [0.2, 0.25) is 0 Å². The van der Waals surface area contributed by atoms with E-state index in [1.807, 2.05) is 49.4 Å². The molecule has 0 aliphatic carbocycles. The van der Waals surface area contributed by atoms with Crippen molar-refractivity contribution < 1.29 is 4.74 Å². The van der Waals surface area contributed by atoms with Crippen LogP contribution in [-0.2, 0) is 6.61 Å². The molecular weight excluding hydrogens is 255 g/mol. The third-order valence-electron chi connectivity index (χ3n) is 2.46. The molecule has 0 aliphatic heterocycles. The largest absolute Gasteiger partial charge is 0.489 e. The molecule has 0 spiro atoms. The van der Waals surface area contributed by atoms with Crippen LogP contribution in [-0.4, -0.2) is 0 Å². The Labute approximate surface area is 111 Å². The van der Waals surface area contributed by atoms with Crippen molar-refractivity contribution in [2.24, 2.45) is 0 Å². The zero-order chi connectivity index (χ0) is 12.3. The maximum Gasteiger partial charge on any atom is 0.121 e. The van der Waals surface area contributed by atoms with Gasteiger partial charge in [-0.15, -0.1) is 0 Å². The predicted octanol–water partition coefficient (Wildman–Crippen LogP) is 4.88. The Kier molecular flexibility index (Phi) is 3.93. The molecule has 0 atom stereocenters. The SMILES string of the molecule is Cc1ccc(OCc2ccc(Cl)cc2)cc1Cl. The lowest BCUT2D eigenvalue weighted by Crippen LogP contribution is -1.95. The van der Waals surface area contributed by atoms with Gasteiger partial charge in [-0.25, -0.2) is 0 Å². The van der Waals surface area contributed by atoms with Crippen LogP contribution < -0.4 is 4.74 Å². The van der Waals surface area contributed by atoms with E-state index < -0.39 is 0 Å². The molecule has 0 bridgehead atoms. The highest BCUT2D eigenvalue weighted by atomic mass is 35.5. The lowest BCUT2D eigenvalue weighted by molar-refractivity contribution is 0.306. The van der Waals surface area contributed by atoms with E-state index in [4.69, 9.17) is 27.9 Å². The van der Waals surface area contributed by atoms with Gasteiger partial charge >= 0.3 is 0 Å². The minimum absolute atomic E-state index is 0.510. The first-order valence-electron chi connectivity index (χ1n) is 5.28. The minimum atomic E-state index is 0.510. The van der Waals surface area contributed by atoms with Crippen LogP contribution in [0.2, 0.25) is 10.0 Å². The highest BCUT2D eigenvalue weighted by Gasteiger charge is 1.99. The quantitative estimate of drug-likeness (QED) is 0.770. The van der Waals surface area contributed by atoms with E-state index in [1.54, 1.807) is 0 Å². The number of ether oxygens (including phenoxy) is 1. The standard InChI is InChI=1S/C14H12Cl2O/c1-10-2-7-13(8-14(10)16)17-9-11-3-5-12(15)6-4-11/h2-8H,9H2,1H3. The fourth-order valence-electron chi connectivity index (χ4n) is 1.41. The van der Waals surface area contributed by atoms with Crippen LogP contribution in [0.4, 0.5) is 0 Å². The number of hydrogen-bond acceptors (Lipinski definition) is 1. The molecule has 0 amide bonds. The average Bonchev–Trinajstić information content (AvgIpc) is 2.33. The molecule has 1 nitrogen and oxygen atoms in total. The minimum Gasteiger partial charge on any atom is -0.489 e. The summed E-state index contributed by atoms with van der Waals surface area (Å²) in [5.41, 5.74) is 2.12. The van der Waals surface area contributed by atoms with Crippen molar-refractivity contribution in [1.29, 1.82) is 0 Å². The first-order chi connectivity index (χ1) is 8.15. The zero-order valence-corrected chi connectivity index (χ0v) is 10.9. The van der Waals surface area contributed by atoms with Crippen LogP contribution in [0.25, 0.3) is 0 Å². The van der Waals surface area contributed by atoms with E-state index in [1.165, 1.54) is 0 Å². The molecule has 0 aromatic heterocycles. The summed E-state index contributed by atoms with van der Waals surface area (Å²) in [6.07, 6.45) is 0. The summed E-state index contributed by atoms with van der Waals surface area (Å²) in [5.74, 6) is 0.774. The van der Waals surface area contributed by atoms with E-state index >= 15 is 0 Å². The number of hydrogen-bond donors (Lipinski definition) is 0. The van der Waals surface area contributed by atoms with Gasteiger partial charge in [-0.05, 0) is 42.3 Å². The molecule has 88 valence electrons. The fraction of sp³-hybridized carbons (Fsp3) is 0.143. The molecule has 0 saturated heterocycles. The van der Waals surface area contributed by atoms with Gasteiger partial charge in [0.25, 0.3) is 0 Å². The van der Waals surface area contributed by atoms with Gasteiger partial charge in [-0.3, -0.25) is 0 Å². The summed E-state index contributed by atoms with van der Waals surface area (Å²) >= 11 is 11.8. The fourth-order valence-corrected chi connectivity index (χ4v) is 1.71. The topological polar surface area (TPSA) is 9.23 Å². The van der Waals surface area contributed by atoms with E-state index in [0.717, 1.165) is 26.9 Å². The van der Waals surface area contributed by atoms with Gasteiger partial charge in [0, 0.05) is 10.0 Å². The Morgan fingerprint density at radius 1 is 1.00 bits per heavy atom. The van der Waals surface area contributed by atoms with Crippen molar-refractivity contribution in [3.8, 4) is 5.75 Å². The van der Waals surface area contributed by atoms with Gasteiger partial charge in [0.15, 0.2) is 0 Å². The van der Waals surface area contributed by atoms with E-state index in [9.17, 15) is 0 Å². The molecule has 0 radical (unpaired) electrons. The summed E-state index contributed by atoms with van der Waals surface area (Å²) in [5, 5.41) is 1.45. The number of halogens is 2. The Morgan fingerprint density at radius 2 is 1.71 bits per heavy atom. The van der Waals surface area contributed by atoms with E-state index in [2.05, 4.69) is 0 Å². The van der Waals surface area contributed by atoms with Crippen molar-refractivity contribution in [3.63, 3.8) is 0 Å². The van der Waals surface area contributed by atoms with Crippen LogP contribution >= 0.6 is 23.2 Å². The summed E-state index contributed by atoms with van der Waals surface area (Å²) in [4.78, 5) is 0. The lowest BCUT2D eigenvalue weighted by atomic mass is 10.2. The second-order valence-corrected chi connectivity index (χ2v) is 4.67. The Bertz CT molecular complexity index is 506. The van der Waals surface area contributed by atoms with E-state index in [0.29, 0.717) is 6.61 Å². The molecule has 2 aromatic carbocycles. The number of rotatable bonds is 3. The maximum atomic E-state index is 6.02. The summed E-state index contributed by atoms with van der Waals surface area (Å²) in [7, 11) is 0. The monoisotopic (exact) mass is 266 g/mol. The van der Waals surface area contributed by atoms with E-state index in [-0.39, 0.29) is 0 Å². The van der Waals surface area contributed by atoms with Crippen molar-refractivity contribution in [2.45, 2.75) is 13.5 Å². The van der Waals surface area contributed by atoms with Crippen molar-refractivity contribution in [1.82, 2.24) is 0 Å². The average molecular weight is 267 g/mol. The Balaban J connectivity index is 2.02. The van der Waals surface area contributed by atoms with Crippen LogP contribution in [0.5, 0.6) is 5.75 Å². The molecule has 2 aromatic rings. The number of aryl methyl sites for hydroxylation is 1. The van der Waals surface area contributed by atoms with Crippen molar-refractivity contribution in [3.05, 3.63) is 63.6 Å². The zero-order valence-electron chi connectivity index (χ0n) is 9.41. The van der Waals surface area contributed by atoms with Crippen LogP contribution in [0.3, 0.4) is 0 Å². The highest BCUT2D eigenvalue weighted by Crippen LogP contribution is 2.22. The summed E-state index contributed by atoms with van der Waals surface area (Å²) in [6.45, 7) is 2.47. The van der Waals surface area contributed by atoms with Gasteiger partial charge in [-0.1, -0.05) is 41.4 Å². The Morgan fingerprint density at radius 3 is 2.35 bits per heavy atom. The molecule has 0 unspecified atom stereocenters. The molecule has 0 heterocycles. The van der Waals surface area contributed by atoms with Crippen LogP contribution in [0, 0.1) is 6.92 Å². The maximum absolute atomic E-state index is 6.02. The Hall–Kier alpha value is -1.18. The lowest BCUT2D eigenvalue weighted by Gasteiger charge is -2.07. The van der Waals surface area contributed by atoms with Crippen LogP contribution in [0.1, 0.15) is 11.1 Å². The molecule has 17 heavy (non-hydrogen) atoms. The normalized spacial score (nSPS) is 10.3.